The van der Waals surface area contributed by atoms with Gasteiger partial charge >= 0.3 is 0 Å². The Morgan fingerprint density at radius 1 is 0.977 bits per heavy atom. The van der Waals surface area contributed by atoms with Crippen LogP contribution in [0, 0.1) is 37.0 Å². The highest BCUT2D eigenvalue weighted by Crippen LogP contribution is 2.69. The van der Waals surface area contributed by atoms with Gasteiger partial charge < -0.3 is 24.3 Å². The van der Waals surface area contributed by atoms with Crippen molar-refractivity contribution >= 4 is 0 Å². The smallest absolute Gasteiger partial charge is 0.253 e. The van der Waals surface area contributed by atoms with Crippen molar-refractivity contribution in [2.75, 3.05) is 73.1 Å². The largest absolute Gasteiger partial charge is 0.496 e. The highest BCUT2D eigenvalue weighted by atomic mass is 16.5. The molecule has 1 spiro atoms. The second-order valence-corrected chi connectivity index (χ2v) is 15.1. The number of benzene rings is 1. The lowest BCUT2D eigenvalue weighted by molar-refractivity contribution is -0.257. The van der Waals surface area contributed by atoms with Gasteiger partial charge in [-0.3, -0.25) is 14.6 Å². The van der Waals surface area contributed by atoms with E-state index in [0.717, 1.165) is 57.9 Å². The molecule has 1 aromatic carbocycles. The van der Waals surface area contributed by atoms with Crippen LogP contribution in [-0.4, -0.2) is 104 Å². The minimum absolute atomic E-state index is 0.0555. The van der Waals surface area contributed by atoms with Crippen molar-refractivity contribution < 1.29 is 9.47 Å². The van der Waals surface area contributed by atoms with Gasteiger partial charge in [0.1, 0.15) is 11.5 Å². The Morgan fingerprint density at radius 3 is 2.34 bits per heavy atom. The molecule has 8 nitrogen and oxygen atoms in total. The van der Waals surface area contributed by atoms with Crippen LogP contribution in [-0.2, 0) is 13.5 Å². The summed E-state index contributed by atoms with van der Waals surface area (Å²) >= 11 is 0. The molecule has 5 unspecified atom stereocenters. The average Bonchev–Trinajstić information content (AvgIpc) is 3.02. The van der Waals surface area contributed by atoms with Crippen LogP contribution in [0.2, 0.25) is 0 Å². The van der Waals surface area contributed by atoms with Crippen LogP contribution in [0.5, 0.6) is 11.5 Å². The second-order valence-electron chi connectivity index (χ2n) is 15.1. The summed E-state index contributed by atoms with van der Waals surface area (Å²) in [6.45, 7) is 14.9. The van der Waals surface area contributed by atoms with Crippen LogP contribution >= 0.6 is 0 Å². The van der Waals surface area contributed by atoms with Gasteiger partial charge in [0.15, 0.2) is 0 Å². The minimum atomic E-state index is 0.0555. The molecule has 8 heteroatoms. The fourth-order valence-electron chi connectivity index (χ4n) is 10.9. The number of methoxy groups -OCH3 is 2. The number of likely N-dealkylation sites (tertiary alicyclic amines) is 1. The number of hydrogen-bond acceptors (Lipinski definition) is 7. The number of nitrogens with zero attached hydrogens (tertiary/aromatic N) is 4. The van der Waals surface area contributed by atoms with E-state index in [1.54, 1.807) is 4.57 Å². The third kappa shape index (κ3) is 4.06. The molecule has 6 heterocycles. The van der Waals surface area contributed by atoms with Crippen LogP contribution in [0.25, 0.3) is 11.1 Å². The lowest BCUT2D eigenvalue weighted by atomic mass is 9.38. The van der Waals surface area contributed by atoms with Gasteiger partial charge in [0.05, 0.1) is 14.2 Å². The summed E-state index contributed by atoms with van der Waals surface area (Å²) < 4.78 is 14.1. The number of rotatable bonds is 7. The van der Waals surface area contributed by atoms with E-state index in [1.165, 1.54) is 90.1 Å². The molecular weight excluding hydrogens is 550 g/mol. The maximum Gasteiger partial charge on any atom is 0.253 e. The summed E-state index contributed by atoms with van der Waals surface area (Å²) in [6.07, 6.45) is 8.43. The number of piperidine rings is 1. The number of aryl methyl sites for hydroxylation is 1. The molecule has 6 bridgehead atoms. The van der Waals surface area contributed by atoms with Gasteiger partial charge in [0.25, 0.3) is 5.56 Å². The molecule has 5 atom stereocenters. The highest BCUT2D eigenvalue weighted by molar-refractivity contribution is 5.72. The predicted octanol–water partition coefficient (Wildman–Crippen LogP) is 3.31. The Morgan fingerprint density at radius 2 is 1.70 bits per heavy atom. The number of nitrogens with one attached hydrogen (secondary N) is 1. The first kappa shape index (κ1) is 29.0. The van der Waals surface area contributed by atoms with Crippen molar-refractivity contribution in [2.24, 2.45) is 30.2 Å². The Balaban J connectivity index is 1.18. The molecule has 7 aliphatic rings. The van der Waals surface area contributed by atoms with Crippen LogP contribution in [0.4, 0.5) is 0 Å². The molecule has 2 saturated carbocycles. The third-order valence-corrected chi connectivity index (χ3v) is 13.5. The molecule has 0 amide bonds. The summed E-state index contributed by atoms with van der Waals surface area (Å²) in [5, 5.41) is 3.49. The van der Waals surface area contributed by atoms with Crippen LogP contribution in [0.15, 0.2) is 23.1 Å². The van der Waals surface area contributed by atoms with E-state index in [2.05, 4.69) is 32.1 Å². The topological polar surface area (TPSA) is 62.2 Å². The average molecular weight is 602 g/mol. The Hall–Kier alpha value is -2.39. The number of piperazine rings is 1. The molecule has 9 rings (SSSR count). The molecular formula is C36H51N5O3. The summed E-state index contributed by atoms with van der Waals surface area (Å²) in [6, 6.07) is 5.07. The first-order valence-electron chi connectivity index (χ1n) is 17.1. The van der Waals surface area contributed by atoms with E-state index in [1.807, 2.05) is 41.3 Å². The highest BCUT2D eigenvalue weighted by Gasteiger charge is 2.71. The Labute approximate surface area is 262 Å². The molecule has 44 heavy (non-hydrogen) atoms. The van der Waals surface area contributed by atoms with Crippen molar-refractivity contribution in [3.05, 3.63) is 45.4 Å². The monoisotopic (exact) mass is 601 g/mol. The quantitative estimate of drug-likeness (QED) is 0.523. The molecule has 1 aromatic heterocycles. The number of hydrogen-bond donors (Lipinski definition) is 1. The van der Waals surface area contributed by atoms with Gasteiger partial charge in [0, 0.05) is 93.9 Å². The van der Waals surface area contributed by atoms with Crippen LogP contribution < -0.4 is 20.3 Å². The standard InChI is InChI=1S/C36H51N5O3/c1-23-24(2)34(42)38(3)21-29(23)26-14-30(43-4)28(31(15-26)44-5)17-36-27-6-7-35(32(36)16-27)8-9-39(20-25-18-37-19-25)22-33(35)40-10-12-41(36)13-11-40/h14-15,21,25,27,32-33,37H,6-13,16-20,22H2,1-5H3. The Kier molecular flexibility index (Phi) is 6.98. The van der Waals surface area contributed by atoms with Crippen LogP contribution in [0.1, 0.15) is 42.4 Å². The maximum absolute atomic E-state index is 12.6. The van der Waals surface area contributed by atoms with Crippen molar-refractivity contribution in [3.63, 3.8) is 0 Å². The van der Waals surface area contributed by atoms with Gasteiger partial charge in [-0.2, -0.15) is 0 Å². The molecule has 2 aliphatic carbocycles. The first-order chi connectivity index (χ1) is 21.3. The lowest BCUT2D eigenvalue weighted by Gasteiger charge is -2.76. The fraction of sp³-hybridized carbons (Fsp3) is 0.694. The summed E-state index contributed by atoms with van der Waals surface area (Å²) in [5.41, 5.74) is 5.76. The summed E-state index contributed by atoms with van der Waals surface area (Å²) in [5.74, 6) is 4.13. The van der Waals surface area contributed by atoms with Crippen molar-refractivity contribution in [2.45, 2.75) is 57.5 Å². The molecule has 5 saturated heterocycles. The van der Waals surface area contributed by atoms with E-state index in [9.17, 15) is 4.79 Å². The summed E-state index contributed by atoms with van der Waals surface area (Å²) in [7, 11) is 5.45. The zero-order chi connectivity index (χ0) is 30.4. The van der Waals surface area contributed by atoms with Crippen molar-refractivity contribution in [3.8, 4) is 22.6 Å². The number of pyridine rings is 1. The third-order valence-electron chi connectivity index (χ3n) is 13.5. The minimum Gasteiger partial charge on any atom is -0.496 e. The molecule has 0 radical (unpaired) electrons. The Bertz CT molecular complexity index is 1480. The SMILES string of the molecule is COc1cc(-c2cn(C)c(=O)c(C)c2C)cc(OC)c1CC12C3CCC4(CCN(CC5CNC5)CC4N4CCN1CC4)C2C3. The predicted molar refractivity (Wildman–Crippen MR) is 174 cm³/mol. The zero-order valence-electron chi connectivity index (χ0n) is 27.5. The van der Waals surface area contributed by atoms with E-state index in [-0.39, 0.29) is 11.1 Å². The van der Waals surface area contributed by atoms with E-state index in [4.69, 9.17) is 9.47 Å². The fourth-order valence-corrected chi connectivity index (χ4v) is 10.9. The molecule has 238 valence electrons. The van der Waals surface area contributed by atoms with Gasteiger partial charge in [-0.05, 0) is 98.9 Å². The number of ether oxygens (including phenoxy) is 2. The maximum atomic E-state index is 12.6. The van der Waals surface area contributed by atoms with Gasteiger partial charge in [-0.15, -0.1) is 0 Å². The molecule has 2 aromatic rings. The molecule has 7 fully saturated rings. The zero-order valence-corrected chi connectivity index (χ0v) is 27.5. The van der Waals surface area contributed by atoms with E-state index >= 15 is 0 Å². The molecule has 1 N–H and O–H groups in total. The normalized spacial score (nSPS) is 36.1. The molecule has 5 aliphatic heterocycles. The summed E-state index contributed by atoms with van der Waals surface area (Å²) in [4.78, 5) is 21.3. The van der Waals surface area contributed by atoms with Crippen molar-refractivity contribution in [1.29, 1.82) is 0 Å². The first-order valence-corrected chi connectivity index (χ1v) is 17.1. The van der Waals surface area contributed by atoms with Gasteiger partial charge in [-0.1, -0.05) is 0 Å². The van der Waals surface area contributed by atoms with Crippen LogP contribution in [0.3, 0.4) is 0 Å². The van der Waals surface area contributed by atoms with E-state index < -0.39 is 0 Å². The number of fused-ring (bicyclic) bond motifs is 2. The van der Waals surface area contributed by atoms with Gasteiger partial charge in [0.2, 0.25) is 0 Å². The second kappa shape index (κ2) is 10.6. The van der Waals surface area contributed by atoms with Crippen molar-refractivity contribution in [1.82, 2.24) is 24.6 Å². The van der Waals surface area contributed by atoms with Gasteiger partial charge in [-0.25, -0.2) is 0 Å². The lowest BCUT2D eigenvalue weighted by Crippen LogP contribution is -2.82. The van der Waals surface area contributed by atoms with E-state index in [0.29, 0.717) is 11.5 Å². The number of aromatic nitrogens is 1.